The summed E-state index contributed by atoms with van der Waals surface area (Å²) in [7, 11) is 0. The molecule has 0 aliphatic carbocycles. The van der Waals surface area contributed by atoms with E-state index >= 15 is 0 Å². The van der Waals surface area contributed by atoms with Crippen LogP contribution in [0.1, 0.15) is 27.2 Å². The van der Waals surface area contributed by atoms with Gasteiger partial charge >= 0.3 is 5.97 Å². The molecule has 64 valence electrons. The predicted octanol–water partition coefficient (Wildman–Crippen LogP) is 2.36. The molecule has 1 N–H and O–H groups in total. The molecule has 0 rings (SSSR count). The standard InChI is InChI=1S/C8H13FO2/c1-4-5(2)6(3)7(9)8(10)11/h5H,4H2,1-3H3,(H,10,11). The van der Waals surface area contributed by atoms with Gasteiger partial charge in [0.25, 0.3) is 0 Å². The molecule has 0 heterocycles. The topological polar surface area (TPSA) is 37.3 Å². The second-order valence-corrected chi connectivity index (χ2v) is 2.61. The molecule has 0 spiro atoms. The maximum Gasteiger partial charge on any atom is 0.364 e. The highest BCUT2D eigenvalue weighted by Crippen LogP contribution is 2.18. The van der Waals surface area contributed by atoms with E-state index < -0.39 is 11.8 Å². The van der Waals surface area contributed by atoms with Crippen molar-refractivity contribution < 1.29 is 14.3 Å². The summed E-state index contributed by atoms with van der Waals surface area (Å²) in [5.41, 5.74) is 0.319. The van der Waals surface area contributed by atoms with Gasteiger partial charge < -0.3 is 5.11 Å². The molecule has 0 aliphatic heterocycles. The predicted molar refractivity (Wildman–Crippen MR) is 40.9 cm³/mol. The average molecular weight is 160 g/mol. The van der Waals surface area contributed by atoms with E-state index in [0.29, 0.717) is 5.57 Å². The zero-order valence-corrected chi connectivity index (χ0v) is 7.02. The lowest BCUT2D eigenvalue weighted by atomic mass is 9.99. The largest absolute Gasteiger partial charge is 0.476 e. The Morgan fingerprint density at radius 1 is 1.64 bits per heavy atom. The Hall–Kier alpha value is -0.860. The van der Waals surface area contributed by atoms with Gasteiger partial charge in [0.15, 0.2) is 0 Å². The number of aliphatic carboxylic acids is 1. The van der Waals surface area contributed by atoms with Gasteiger partial charge in [-0.05, 0) is 24.8 Å². The van der Waals surface area contributed by atoms with Gasteiger partial charge in [0, 0.05) is 0 Å². The Bertz CT molecular complexity index is 185. The summed E-state index contributed by atoms with van der Waals surface area (Å²) in [6.07, 6.45) is 0.756. The number of carbonyl (C=O) groups is 1. The summed E-state index contributed by atoms with van der Waals surface area (Å²) in [5.74, 6) is -2.48. The molecule has 0 aliphatic rings. The third kappa shape index (κ3) is 2.70. The van der Waals surface area contributed by atoms with Crippen molar-refractivity contribution in [3.8, 4) is 0 Å². The second kappa shape index (κ2) is 4.11. The first-order valence-electron chi connectivity index (χ1n) is 3.60. The van der Waals surface area contributed by atoms with Crippen LogP contribution in [-0.4, -0.2) is 11.1 Å². The van der Waals surface area contributed by atoms with Gasteiger partial charge in [-0.25, -0.2) is 4.79 Å². The van der Waals surface area contributed by atoms with E-state index in [2.05, 4.69) is 0 Å². The molecule has 0 amide bonds. The quantitative estimate of drug-likeness (QED) is 0.643. The van der Waals surface area contributed by atoms with Crippen molar-refractivity contribution in [2.24, 2.45) is 5.92 Å². The van der Waals surface area contributed by atoms with Crippen LogP contribution < -0.4 is 0 Å². The average Bonchev–Trinajstić information content (AvgIpc) is 2.00. The minimum Gasteiger partial charge on any atom is -0.476 e. The number of halogens is 1. The van der Waals surface area contributed by atoms with E-state index in [4.69, 9.17) is 5.11 Å². The molecule has 0 aromatic carbocycles. The van der Waals surface area contributed by atoms with Crippen LogP contribution in [0.15, 0.2) is 11.4 Å². The minimum atomic E-state index is -1.47. The van der Waals surface area contributed by atoms with Crippen molar-refractivity contribution in [3.63, 3.8) is 0 Å². The molecule has 3 heteroatoms. The summed E-state index contributed by atoms with van der Waals surface area (Å²) in [6, 6.07) is 0. The van der Waals surface area contributed by atoms with E-state index in [1.807, 2.05) is 6.92 Å². The summed E-state index contributed by atoms with van der Waals surface area (Å²) in [5, 5.41) is 8.26. The molecule has 0 aromatic heterocycles. The van der Waals surface area contributed by atoms with Crippen molar-refractivity contribution >= 4 is 5.97 Å². The van der Waals surface area contributed by atoms with Gasteiger partial charge in [0.05, 0.1) is 0 Å². The van der Waals surface area contributed by atoms with Gasteiger partial charge in [-0.3, -0.25) is 0 Å². The molecule has 2 nitrogen and oxygen atoms in total. The molecule has 0 aromatic rings. The maximum absolute atomic E-state index is 12.6. The summed E-state index contributed by atoms with van der Waals surface area (Å²) in [4.78, 5) is 10.1. The van der Waals surface area contributed by atoms with Gasteiger partial charge in [0.1, 0.15) is 0 Å². The van der Waals surface area contributed by atoms with Gasteiger partial charge in [-0.2, -0.15) is 4.39 Å². The van der Waals surface area contributed by atoms with Crippen LogP contribution >= 0.6 is 0 Å². The Morgan fingerprint density at radius 3 is 2.36 bits per heavy atom. The van der Waals surface area contributed by atoms with Crippen molar-refractivity contribution in [2.45, 2.75) is 27.2 Å². The lowest BCUT2D eigenvalue weighted by molar-refractivity contribution is -0.134. The number of hydrogen-bond donors (Lipinski definition) is 1. The SMILES string of the molecule is CCC(C)C(C)=C(F)C(=O)O. The third-order valence-corrected chi connectivity index (χ3v) is 1.89. The van der Waals surface area contributed by atoms with Gasteiger partial charge in [0.2, 0.25) is 5.83 Å². The Morgan fingerprint density at radius 2 is 2.09 bits per heavy atom. The van der Waals surface area contributed by atoms with Crippen molar-refractivity contribution in [3.05, 3.63) is 11.4 Å². The van der Waals surface area contributed by atoms with Crippen LogP contribution in [0.2, 0.25) is 0 Å². The highest BCUT2D eigenvalue weighted by molar-refractivity contribution is 5.84. The molecule has 0 bridgehead atoms. The Kier molecular flexibility index (Phi) is 3.79. The Labute approximate surface area is 65.7 Å². The molecular formula is C8H13FO2. The highest BCUT2D eigenvalue weighted by Gasteiger charge is 2.13. The molecule has 11 heavy (non-hydrogen) atoms. The first-order valence-corrected chi connectivity index (χ1v) is 3.60. The lowest BCUT2D eigenvalue weighted by Crippen LogP contribution is -2.03. The number of hydrogen-bond acceptors (Lipinski definition) is 1. The van der Waals surface area contributed by atoms with Crippen LogP contribution in [0.3, 0.4) is 0 Å². The molecule has 0 fully saturated rings. The molecule has 0 saturated carbocycles. The van der Waals surface area contributed by atoms with Crippen molar-refractivity contribution in [1.82, 2.24) is 0 Å². The monoisotopic (exact) mass is 160 g/mol. The third-order valence-electron chi connectivity index (χ3n) is 1.89. The minimum absolute atomic E-state index is 0.00565. The number of rotatable bonds is 3. The zero-order chi connectivity index (χ0) is 9.02. The fraction of sp³-hybridized carbons (Fsp3) is 0.625. The lowest BCUT2D eigenvalue weighted by Gasteiger charge is -2.07. The Balaban J connectivity index is 4.51. The molecule has 1 atom stereocenters. The van der Waals surface area contributed by atoms with Crippen LogP contribution in [0.25, 0.3) is 0 Å². The van der Waals surface area contributed by atoms with Crippen LogP contribution in [0, 0.1) is 5.92 Å². The number of allylic oxidation sites excluding steroid dienone is 1. The van der Waals surface area contributed by atoms with E-state index in [1.54, 1.807) is 6.92 Å². The molecule has 0 radical (unpaired) electrons. The zero-order valence-electron chi connectivity index (χ0n) is 7.02. The number of carboxylic acids is 1. The van der Waals surface area contributed by atoms with E-state index in [1.165, 1.54) is 6.92 Å². The van der Waals surface area contributed by atoms with Gasteiger partial charge in [-0.15, -0.1) is 0 Å². The van der Waals surface area contributed by atoms with Crippen LogP contribution in [0.4, 0.5) is 4.39 Å². The first kappa shape index (κ1) is 10.1. The highest BCUT2D eigenvalue weighted by atomic mass is 19.1. The first-order chi connectivity index (χ1) is 5.00. The normalized spacial score (nSPS) is 15.6. The summed E-state index contributed by atoms with van der Waals surface area (Å²) in [6.45, 7) is 5.21. The molecular weight excluding hydrogens is 147 g/mol. The van der Waals surface area contributed by atoms with E-state index in [-0.39, 0.29) is 5.92 Å². The second-order valence-electron chi connectivity index (χ2n) is 2.61. The van der Waals surface area contributed by atoms with E-state index in [0.717, 1.165) is 6.42 Å². The fourth-order valence-electron chi connectivity index (χ4n) is 0.691. The number of carboxylic acid groups (broad SMARTS) is 1. The molecule has 1 unspecified atom stereocenters. The molecule has 0 saturated heterocycles. The van der Waals surface area contributed by atoms with Gasteiger partial charge in [-0.1, -0.05) is 13.8 Å². The smallest absolute Gasteiger partial charge is 0.364 e. The van der Waals surface area contributed by atoms with E-state index in [9.17, 15) is 9.18 Å². The van der Waals surface area contributed by atoms with Crippen LogP contribution in [0.5, 0.6) is 0 Å². The fourth-order valence-corrected chi connectivity index (χ4v) is 0.691. The van der Waals surface area contributed by atoms with Crippen molar-refractivity contribution in [2.75, 3.05) is 0 Å². The maximum atomic E-state index is 12.6. The summed E-state index contributed by atoms with van der Waals surface area (Å²) >= 11 is 0. The van der Waals surface area contributed by atoms with Crippen LogP contribution in [-0.2, 0) is 4.79 Å². The van der Waals surface area contributed by atoms with Crippen molar-refractivity contribution in [1.29, 1.82) is 0 Å². The summed E-state index contributed by atoms with van der Waals surface area (Å²) < 4.78 is 12.6.